The standard InChI is InChI=1S/C38H62N4O5/c1-24-9-12-38(46-23-24)25(2)35-31(47-38)20-30-28-8-7-26-19-27(10-11-36(26,3)29(28)21-32(43)37(30,35)4)40-34(45)22-33(44)39-13-6-14-42-17-15-41(5)16-18-42/h24-31,35H,6-23H2,1-5H3,(H,39,44)(H,40,45)/t24-,25+,26+,27+,28-,29+,30+,31+,35+,36+,37-,38-/m1/s1. The van der Waals surface area contributed by atoms with Crippen molar-refractivity contribution >= 4 is 17.6 Å². The number of hydrogen-bond acceptors (Lipinski definition) is 7. The first-order chi connectivity index (χ1) is 22.4. The van der Waals surface area contributed by atoms with Crippen molar-refractivity contribution in [2.75, 3.05) is 52.9 Å². The van der Waals surface area contributed by atoms with Gasteiger partial charge in [0.15, 0.2) is 5.79 Å². The molecular formula is C38H62N4O5. The van der Waals surface area contributed by atoms with E-state index in [4.69, 9.17) is 9.47 Å². The van der Waals surface area contributed by atoms with Crippen LogP contribution in [0, 0.1) is 52.3 Å². The summed E-state index contributed by atoms with van der Waals surface area (Å²) in [7, 11) is 2.16. The zero-order chi connectivity index (χ0) is 33.1. The highest BCUT2D eigenvalue weighted by Gasteiger charge is 2.71. The van der Waals surface area contributed by atoms with Crippen LogP contribution in [0.4, 0.5) is 0 Å². The molecule has 3 saturated heterocycles. The second-order valence-corrected chi connectivity index (χ2v) is 17.6. The summed E-state index contributed by atoms with van der Waals surface area (Å²) in [5.74, 6) is 2.57. The summed E-state index contributed by atoms with van der Waals surface area (Å²) in [4.78, 5) is 44.6. The lowest BCUT2D eigenvalue weighted by Gasteiger charge is -2.60. The molecule has 3 heterocycles. The minimum Gasteiger partial charge on any atom is -0.356 e. The molecule has 2 N–H and O–H groups in total. The Kier molecular flexibility index (Phi) is 9.36. The van der Waals surface area contributed by atoms with E-state index in [0.29, 0.717) is 48.3 Å². The lowest BCUT2D eigenvalue weighted by atomic mass is 9.44. The summed E-state index contributed by atoms with van der Waals surface area (Å²) < 4.78 is 13.3. The van der Waals surface area contributed by atoms with E-state index < -0.39 is 5.79 Å². The second-order valence-electron chi connectivity index (χ2n) is 17.6. The van der Waals surface area contributed by atoms with Crippen LogP contribution in [0.2, 0.25) is 0 Å². The first kappa shape index (κ1) is 33.9. The number of amides is 2. The number of likely N-dealkylation sites (N-methyl/N-ethyl adjacent to an activating group) is 1. The fraction of sp³-hybridized carbons (Fsp3) is 0.921. The molecule has 264 valence electrons. The normalized spacial score (nSPS) is 46.7. The molecule has 3 aliphatic heterocycles. The number of ether oxygens (including phenoxy) is 2. The fourth-order valence-electron chi connectivity index (χ4n) is 12.2. The van der Waals surface area contributed by atoms with Crippen LogP contribution < -0.4 is 10.6 Å². The van der Waals surface area contributed by atoms with Crippen LogP contribution in [-0.4, -0.2) is 98.3 Å². The molecule has 4 saturated carbocycles. The van der Waals surface area contributed by atoms with E-state index >= 15 is 0 Å². The van der Waals surface area contributed by atoms with Gasteiger partial charge < -0.3 is 29.9 Å². The van der Waals surface area contributed by atoms with Crippen molar-refractivity contribution < 1.29 is 23.9 Å². The van der Waals surface area contributed by atoms with Crippen LogP contribution in [0.25, 0.3) is 0 Å². The summed E-state index contributed by atoms with van der Waals surface area (Å²) in [6, 6.07) is 0.112. The Balaban J connectivity index is 0.908. The van der Waals surface area contributed by atoms with Crippen molar-refractivity contribution in [3.63, 3.8) is 0 Å². The van der Waals surface area contributed by atoms with Crippen LogP contribution in [0.15, 0.2) is 0 Å². The molecule has 12 atom stereocenters. The third kappa shape index (κ3) is 6.01. The lowest BCUT2D eigenvalue weighted by Crippen LogP contribution is -2.59. The van der Waals surface area contributed by atoms with Gasteiger partial charge in [0.2, 0.25) is 11.8 Å². The molecular weight excluding hydrogens is 592 g/mol. The number of Topliss-reactive ketones (excluding diaryl/α,β-unsaturated/α-hetero) is 1. The largest absolute Gasteiger partial charge is 0.356 e. The molecule has 1 spiro atoms. The average molecular weight is 655 g/mol. The molecule has 0 aromatic rings. The Bertz CT molecular complexity index is 1200. The van der Waals surface area contributed by atoms with Crippen LogP contribution >= 0.6 is 0 Å². The number of nitrogens with one attached hydrogen (secondary N) is 2. The molecule has 0 aromatic carbocycles. The second kappa shape index (κ2) is 13.0. The molecule has 7 fully saturated rings. The van der Waals surface area contributed by atoms with Crippen molar-refractivity contribution in [1.82, 2.24) is 20.4 Å². The van der Waals surface area contributed by atoms with Gasteiger partial charge in [0, 0.05) is 68.9 Å². The molecule has 0 bridgehead atoms. The first-order valence-corrected chi connectivity index (χ1v) is 19.2. The third-order valence-corrected chi connectivity index (χ3v) is 15.1. The Hall–Kier alpha value is -1.55. The van der Waals surface area contributed by atoms with Crippen molar-refractivity contribution in [1.29, 1.82) is 0 Å². The molecule has 7 rings (SSSR count). The van der Waals surface area contributed by atoms with E-state index in [-0.39, 0.29) is 53.0 Å². The monoisotopic (exact) mass is 654 g/mol. The Morgan fingerprint density at radius 1 is 0.957 bits per heavy atom. The fourth-order valence-corrected chi connectivity index (χ4v) is 12.2. The maximum atomic E-state index is 14.4. The van der Waals surface area contributed by atoms with Crippen molar-refractivity contribution in [2.24, 2.45) is 52.3 Å². The summed E-state index contributed by atoms with van der Waals surface area (Å²) >= 11 is 0. The highest BCUT2D eigenvalue weighted by molar-refractivity contribution is 5.97. The third-order valence-electron chi connectivity index (χ3n) is 15.1. The number of ketones is 1. The maximum Gasteiger partial charge on any atom is 0.229 e. The molecule has 9 nitrogen and oxygen atoms in total. The van der Waals surface area contributed by atoms with Gasteiger partial charge in [-0.1, -0.05) is 27.7 Å². The van der Waals surface area contributed by atoms with Crippen LogP contribution in [0.3, 0.4) is 0 Å². The van der Waals surface area contributed by atoms with Crippen LogP contribution in [0.1, 0.15) is 98.3 Å². The van der Waals surface area contributed by atoms with Crippen molar-refractivity contribution in [2.45, 2.75) is 116 Å². The van der Waals surface area contributed by atoms with E-state index in [0.717, 1.165) is 90.7 Å². The van der Waals surface area contributed by atoms with E-state index in [1.807, 2.05) is 0 Å². The SMILES string of the molecule is C[C@@H]1CC[C@@]2(OC1)O[C@H]1C[C@H]3[C@@H]4CC[C@H]5C[C@@H](NC(=O)CC(=O)NCCCN6CCN(C)CC6)CC[C@]5(C)[C@H]4CC(=O)[C@]3(C)[C@H]1[C@@H]2C. The zero-order valence-electron chi connectivity index (χ0n) is 29.9. The van der Waals surface area contributed by atoms with E-state index in [1.54, 1.807) is 0 Å². The number of carbonyl (C=O) groups excluding carboxylic acids is 3. The summed E-state index contributed by atoms with van der Waals surface area (Å²) in [6.07, 6.45) is 9.96. The van der Waals surface area contributed by atoms with Gasteiger partial charge in [-0.3, -0.25) is 14.4 Å². The topological polar surface area (TPSA) is 100 Å². The van der Waals surface area contributed by atoms with E-state index in [1.165, 1.54) is 6.42 Å². The van der Waals surface area contributed by atoms with Gasteiger partial charge in [-0.25, -0.2) is 0 Å². The highest BCUT2D eigenvalue weighted by atomic mass is 16.7. The number of nitrogens with zero attached hydrogens (tertiary/aromatic N) is 2. The first-order valence-electron chi connectivity index (χ1n) is 19.2. The molecule has 47 heavy (non-hydrogen) atoms. The molecule has 9 heteroatoms. The Labute approximate surface area is 283 Å². The number of carbonyl (C=O) groups is 3. The molecule has 2 amide bonds. The molecule has 7 aliphatic rings. The summed E-state index contributed by atoms with van der Waals surface area (Å²) in [5, 5.41) is 6.18. The molecule has 0 unspecified atom stereocenters. The van der Waals surface area contributed by atoms with E-state index in [9.17, 15) is 14.4 Å². The van der Waals surface area contributed by atoms with Crippen LogP contribution in [-0.2, 0) is 23.9 Å². The van der Waals surface area contributed by atoms with Crippen molar-refractivity contribution in [3.05, 3.63) is 0 Å². The van der Waals surface area contributed by atoms with Gasteiger partial charge in [-0.15, -0.1) is 0 Å². The highest BCUT2D eigenvalue weighted by Crippen LogP contribution is 2.70. The number of fused-ring (bicyclic) bond motifs is 7. The smallest absolute Gasteiger partial charge is 0.229 e. The molecule has 0 radical (unpaired) electrons. The number of piperazine rings is 1. The zero-order valence-corrected chi connectivity index (χ0v) is 29.9. The molecule has 4 aliphatic carbocycles. The van der Waals surface area contributed by atoms with Gasteiger partial charge in [0.05, 0.1) is 12.7 Å². The molecule has 0 aromatic heterocycles. The lowest BCUT2D eigenvalue weighted by molar-refractivity contribution is -0.272. The average Bonchev–Trinajstić information content (AvgIpc) is 3.49. The van der Waals surface area contributed by atoms with Crippen molar-refractivity contribution in [3.8, 4) is 0 Å². The minimum absolute atomic E-state index is 0.0966. The van der Waals surface area contributed by atoms with Gasteiger partial charge in [-0.2, -0.15) is 0 Å². The minimum atomic E-state index is -0.495. The Morgan fingerprint density at radius 2 is 1.74 bits per heavy atom. The maximum absolute atomic E-state index is 14.4. The van der Waals surface area contributed by atoms with Gasteiger partial charge in [0.1, 0.15) is 12.2 Å². The summed E-state index contributed by atoms with van der Waals surface area (Å²) in [5.41, 5.74) is -0.197. The number of rotatable bonds is 7. The quantitative estimate of drug-likeness (QED) is 0.313. The van der Waals surface area contributed by atoms with Gasteiger partial charge in [-0.05, 0) is 100.0 Å². The number of hydrogen-bond donors (Lipinski definition) is 2. The van der Waals surface area contributed by atoms with E-state index in [2.05, 4.69) is 55.2 Å². The predicted molar refractivity (Wildman–Crippen MR) is 180 cm³/mol. The predicted octanol–water partition coefficient (Wildman–Crippen LogP) is 4.24. The van der Waals surface area contributed by atoms with Gasteiger partial charge >= 0.3 is 0 Å². The summed E-state index contributed by atoms with van der Waals surface area (Å²) in [6.45, 7) is 16.0. The van der Waals surface area contributed by atoms with Gasteiger partial charge in [0.25, 0.3) is 0 Å². The Morgan fingerprint density at radius 3 is 2.49 bits per heavy atom. The van der Waals surface area contributed by atoms with Crippen LogP contribution in [0.5, 0.6) is 0 Å².